The summed E-state index contributed by atoms with van der Waals surface area (Å²) in [6.07, 6.45) is 1.59. The van der Waals surface area contributed by atoms with E-state index in [0.29, 0.717) is 12.8 Å². The first-order valence-corrected chi connectivity index (χ1v) is 5.57. The highest BCUT2D eigenvalue weighted by molar-refractivity contribution is 5.76. The lowest BCUT2D eigenvalue weighted by Gasteiger charge is -2.27. The first-order valence-electron chi connectivity index (χ1n) is 5.57. The normalized spacial score (nSPS) is 27.7. The van der Waals surface area contributed by atoms with Gasteiger partial charge in [-0.1, -0.05) is 0 Å². The van der Waals surface area contributed by atoms with Crippen LogP contribution in [-0.4, -0.2) is 47.8 Å². The van der Waals surface area contributed by atoms with E-state index in [1.54, 1.807) is 11.8 Å². The molecule has 0 aromatic rings. The molecule has 0 aromatic heterocycles. The molecule has 0 saturated carbocycles. The standard InChI is InChI=1S/C11H21NO3/c1-8(13)4-5-11(14)12(3)10-6-7-15-9(10)2/h8-10,13H,4-7H2,1-3H3. The molecule has 1 amide bonds. The van der Waals surface area contributed by atoms with Gasteiger partial charge in [-0.25, -0.2) is 0 Å². The van der Waals surface area contributed by atoms with Gasteiger partial charge in [0.2, 0.25) is 5.91 Å². The molecule has 3 unspecified atom stereocenters. The molecule has 0 aromatic carbocycles. The summed E-state index contributed by atoms with van der Waals surface area (Å²) in [6.45, 7) is 4.44. The summed E-state index contributed by atoms with van der Waals surface area (Å²) in [5.74, 6) is 0.0956. The molecule has 0 bridgehead atoms. The van der Waals surface area contributed by atoms with Crippen LogP contribution in [0.3, 0.4) is 0 Å². The van der Waals surface area contributed by atoms with Gasteiger partial charge in [-0.2, -0.15) is 0 Å². The number of rotatable bonds is 4. The zero-order valence-electron chi connectivity index (χ0n) is 9.77. The molecule has 1 heterocycles. The fraction of sp³-hybridized carbons (Fsp3) is 0.909. The van der Waals surface area contributed by atoms with E-state index in [2.05, 4.69) is 0 Å². The highest BCUT2D eigenvalue weighted by Crippen LogP contribution is 2.19. The molecule has 3 atom stereocenters. The number of ether oxygens (including phenoxy) is 1. The van der Waals surface area contributed by atoms with Crippen molar-refractivity contribution in [1.29, 1.82) is 0 Å². The van der Waals surface area contributed by atoms with Gasteiger partial charge in [0.25, 0.3) is 0 Å². The smallest absolute Gasteiger partial charge is 0.222 e. The number of carbonyl (C=O) groups excluding carboxylic acids is 1. The Balaban J connectivity index is 2.38. The monoisotopic (exact) mass is 215 g/mol. The van der Waals surface area contributed by atoms with Crippen LogP contribution in [0.1, 0.15) is 33.1 Å². The number of hydrogen-bond donors (Lipinski definition) is 1. The molecule has 1 fully saturated rings. The maximum atomic E-state index is 11.7. The molecule has 1 N–H and O–H groups in total. The van der Waals surface area contributed by atoms with Crippen LogP contribution in [0.15, 0.2) is 0 Å². The SMILES string of the molecule is CC(O)CCC(=O)N(C)C1CCOC1C. The quantitative estimate of drug-likeness (QED) is 0.754. The average Bonchev–Trinajstić information content (AvgIpc) is 2.59. The second-order valence-corrected chi connectivity index (χ2v) is 4.32. The lowest BCUT2D eigenvalue weighted by atomic mass is 10.1. The molecule has 1 aliphatic heterocycles. The van der Waals surface area contributed by atoms with E-state index in [0.717, 1.165) is 13.0 Å². The largest absolute Gasteiger partial charge is 0.393 e. The Kier molecular flexibility index (Phi) is 4.54. The van der Waals surface area contributed by atoms with Gasteiger partial charge in [0.1, 0.15) is 0 Å². The number of aliphatic hydroxyl groups is 1. The van der Waals surface area contributed by atoms with Crippen molar-refractivity contribution in [3.63, 3.8) is 0 Å². The number of amides is 1. The van der Waals surface area contributed by atoms with Crippen LogP contribution in [-0.2, 0) is 9.53 Å². The van der Waals surface area contributed by atoms with Crippen LogP contribution in [0.25, 0.3) is 0 Å². The van der Waals surface area contributed by atoms with Crippen LogP contribution in [0.2, 0.25) is 0 Å². The molecule has 4 heteroatoms. The number of likely N-dealkylation sites (N-methyl/N-ethyl adjacent to an activating group) is 1. The minimum Gasteiger partial charge on any atom is -0.393 e. The van der Waals surface area contributed by atoms with Crippen LogP contribution in [0.5, 0.6) is 0 Å². The molecule has 1 rings (SSSR count). The van der Waals surface area contributed by atoms with Crippen molar-refractivity contribution < 1.29 is 14.6 Å². The third kappa shape index (κ3) is 3.47. The molecule has 0 radical (unpaired) electrons. The lowest BCUT2D eigenvalue weighted by molar-refractivity contribution is -0.133. The van der Waals surface area contributed by atoms with Gasteiger partial charge in [-0.15, -0.1) is 0 Å². The average molecular weight is 215 g/mol. The Bertz CT molecular complexity index is 218. The predicted molar refractivity (Wildman–Crippen MR) is 57.5 cm³/mol. The van der Waals surface area contributed by atoms with Crippen molar-refractivity contribution >= 4 is 5.91 Å². The minimum absolute atomic E-state index is 0.0956. The molecule has 1 saturated heterocycles. The maximum Gasteiger partial charge on any atom is 0.222 e. The van der Waals surface area contributed by atoms with Crippen molar-refractivity contribution in [2.75, 3.05) is 13.7 Å². The first-order chi connectivity index (χ1) is 7.02. The Morgan fingerprint density at radius 2 is 2.33 bits per heavy atom. The van der Waals surface area contributed by atoms with Gasteiger partial charge in [0.05, 0.1) is 18.2 Å². The molecule has 1 aliphatic rings. The fourth-order valence-electron chi connectivity index (χ4n) is 1.92. The van der Waals surface area contributed by atoms with Crippen molar-refractivity contribution in [1.82, 2.24) is 4.90 Å². The second-order valence-electron chi connectivity index (χ2n) is 4.32. The summed E-state index contributed by atoms with van der Waals surface area (Å²) in [4.78, 5) is 13.5. The third-order valence-corrected chi connectivity index (χ3v) is 3.00. The number of carbonyl (C=O) groups is 1. The Morgan fingerprint density at radius 3 is 2.80 bits per heavy atom. The van der Waals surface area contributed by atoms with Crippen molar-refractivity contribution in [3.05, 3.63) is 0 Å². The third-order valence-electron chi connectivity index (χ3n) is 3.00. The molecule has 15 heavy (non-hydrogen) atoms. The molecule has 0 aliphatic carbocycles. The van der Waals surface area contributed by atoms with Crippen LogP contribution in [0.4, 0.5) is 0 Å². The summed E-state index contributed by atoms with van der Waals surface area (Å²) >= 11 is 0. The van der Waals surface area contributed by atoms with Gasteiger partial charge >= 0.3 is 0 Å². The summed E-state index contributed by atoms with van der Waals surface area (Å²) in [7, 11) is 1.82. The minimum atomic E-state index is -0.403. The predicted octanol–water partition coefficient (Wildman–Crippen LogP) is 0.783. The fourth-order valence-corrected chi connectivity index (χ4v) is 1.92. The molecular formula is C11H21NO3. The molecule has 4 nitrogen and oxygen atoms in total. The second kappa shape index (κ2) is 5.47. The summed E-state index contributed by atoms with van der Waals surface area (Å²) in [5, 5.41) is 9.10. The van der Waals surface area contributed by atoms with E-state index in [1.165, 1.54) is 0 Å². The lowest BCUT2D eigenvalue weighted by Crippen LogP contribution is -2.41. The summed E-state index contributed by atoms with van der Waals surface area (Å²) in [5.41, 5.74) is 0. The van der Waals surface area contributed by atoms with Crippen LogP contribution < -0.4 is 0 Å². The molecule has 88 valence electrons. The summed E-state index contributed by atoms with van der Waals surface area (Å²) in [6, 6.07) is 0.200. The molecule has 0 spiro atoms. The van der Waals surface area contributed by atoms with Gasteiger partial charge in [0.15, 0.2) is 0 Å². The first kappa shape index (κ1) is 12.5. The number of aliphatic hydroxyl groups excluding tert-OH is 1. The van der Waals surface area contributed by atoms with E-state index < -0.39 is 6.10 Å². The Hall–Kier alpha value is -0.610. The van der Waals surface area contributed by atoms with Crippen LogP contribution >= 0.6 is 0 Å². The van der Waals surface area contributed by atoms with Crippen molar-refractivity contribution in [2.45, 2.75) is 51.4 Å². The topological polar surface area (TPSA) is 49.8 Å². The van der Waals surface area contributed by atoms with Crippen molar-refractivity contribution in [3.8, 4) is 0 Å². The van der Waals surface area contributed by atoms with Gasteiger partial charge in [0, 0.05) is 20.1 Å². The Morgan fingerprint density at radius 1 is 1.67 bits per heavy atom. The zero-order chi connectivity index (χ0) is 11.4. The zero-order valence-corrected chi connectivity index (χ0v) is 9.77. The van der Waals surface area contributed by atoms with Crippen LogP contribution in [0, 0.1) is 0 Å². The number of nitrogens with zero attached hydrogens (tertiary/aromatic N) is 1. The van der Waals surface area contributed by atoms with E-state index in [4.69, 9.17) is 9.84 Å². The van der Waals surface area contributed by atoms with Gasteiger partial charge < -0.3 is 14.7 Å². The van der Waals surface area contributed by atoms with Gasteiger partial charge in [-0.05, 0) is 26.7 Å². The highest BCUT2D eigenvalue weighted by Gasteiger charge is 2.30. The van der Waals surface area contributed by atoms with Crippen molar-refractivity contribution in [2.24, 2.45) is 0 Å². The van der Waals surface area contributed by atoms with Gasteiger partial charge in [-0.3, -0.25) is 4.79 Å². The Labute approximate surface area is 91.2 Å². The van der Waals surface area contributed by atoms with E-state index in [1.807, 2.05) is 14.0 Å². The van der Waals surface area contributed by atoms with E-state index in [9.17, 15) is 4.79 Å². The highest BCUT2D eigenvalue weighted by atomic mass is 16.5. The maximum absolute atomic E-state index is 11.7. The number of hydrogen-bond acceptors (Lipinski definition) is 3. The van der Waals surface area contributed by atoms with E-state index in [-0.39, 0.29) is 18.1 Å². The molecular weight excluding hydrogens is 194 g/mol. The van der Waals surface area contributed by atoms with E-state index >= 15 is 0 Å². The summed E-state index contributed by atoms with van der Waals surface area (Å²) < 4.78 is 5.42.